The molecule has 0 unspecified atom stereocenters. The summed E-state index contributed by atoms with van der Waals surface area (Å²) in [7, 11) is 1.58. The van der Waals surface area contributed by atoms with Crippen LogP contribution in [0.4, 0.5) is 0 Å². The van der Waals surface area contributed by atoms with E-state index in [4.69, 9.17) is 19.3 Å². The molecule has 1 saturated heterocycles. The van der Waals surface area contributed by atoms with Gasteiger partial charge in [0, 0.05) is 0 Å². The number of aliphatic hydroxyl groups is 3. The standard InChI is InChI=1S/C13H16O6S/c1-17-6-2-3-7-9(4-6)20-12-11(16)10(15)8(5-14)19-13(12)18-7/h2-4,8,10-16H,5H2,1H3/t8-,10+,11+,12-,13+/m1/s1. The molecule has 0 bridgehead atoms. The zero-order valence-electron chi connectivity index (χ0n) is 10.8. The molecule has 0 aromatic heterocycles. The fraction of sp³-hybridized carbons (Fsp3) is 0.538. The van der Waals surface area contributed by atoms with Gasteiger partial charge in [-0.15, -0.1) is 11.8 Å². The van der Waals surface area contributed by atoms with Crippen LogP contribution in [0.25, 0.3) is 0 Å². The Labute approximate surface area is 120 Å². The Kier molecular flexibility index (Phi) is 3.78. The molecule has 0 saturated carbocycles. The SMILES string of the molecule is COc1ccc2c(c1)S[C@H]1[C@@H](O2)O[C@H](CO)[C@H](O)[C@@H]1O. The van der Waals surface area contributed by atoms with Gasteiger partial charge in [-0.3, -0.25) is 0 Å². The first kappa shape index (κ1) is 14.0. The van der Waals surface area contributed by atoms with Crippen LogP contribution >= 0.6 is 11.8 Å². The van der Waals surface area contributed by atoms with Gasteiger partial charge in [0.1, 0.15) is 35.1 Å². The van der Waals surface area contributed by atoms with Gasteiger partial charge in [0.15, 0.2) is 0 Å². The van der Waals surface area contributed by atoms with Gasteiger partial charge in [0.2, 0.25) is 6.29 Å². The third-order valence-corrected chi connectivity index (χ3v) is 4.83. The minimum Gasteiger partial charge on any atom is -0.497 e. The number of thioether (sulfide) groups is 1. The molecule has 7 heteroatoms. The normalized spacial score (nSPS) is 35.7. The molecule has 6 nitrogen and oxygen atoms in total. The van der Waals surface area contributed by atoms with Crippen LogP contribution in [0.2, 0.25) is 0 Å². The van der Waals surface area contributed by atoms with E-state index in [1.807, 2.05) is 6.07 Å². The van der Waals surface area contributed by atoms with Crippen LogP contribution < -0.4 is 9.47 Å². The Morgan fingerprint density at radius 1 is 1.30 bits per heavy atom. The number of benzene rings is 1. The highest BCUT2D eigenvalue weighted by molar-refractivity contribution is 8.00. The van der Waals surface area contributed by atoms with Crippen LogP contribution in [0.5, 0.6) is 11.5 Å². The summed E-state index contributed by atoms with van der Waals surface area (Å²) in [6.45, 7) is -0.370. The number of hydrogen-bond acceptors (Lipinski definition) is 7. The van der Waals surface area contributed by atoms with Gasteiger partial charge in [0.25, 0.3) is 0 Å². The number of hydrogen-bond donors (Lipinski definition) is 3. The summed E-state index contributed by atoms with van der Waals surface area (Å²) in [6, 6.07) is 5.36. The lowest BCUT2D eigenvalue weighted by molar-refractivity contribution is -0.227. The van der Waals surface area contributed by atoms with Crippen molar-refractivity contribution in [3.63, 3.8) is 0 Å². The monoisotopic (exact) mass is 300 g/mol. The van der Waals surface area contributed by atoms with Crippen molar-refractivity contribution in [3.8, 4) is 11.5 Å². The third-order valence-electron chi connectivity index (χ3n) is 3.48. The zero-order valence-corrected chi connectivity index (χ0v) is 11.6. The van der Waals surface area contributed by atoms with E-state index in [1.54, 1.807) is 19.2 Å². The summed E-state index contributed by atoms with van der Waals surface area (Å²) >= 11 is 1.37. The fourth-order valence-electron chi connectivity index (χ4n) is 2.35. The maximum Gasteiger partial charge on any atom is 0.215 e. The van der Waals surface area contributed by atoms with Gasteiger partial charge < -0.3 is 29.5 Å². The number of ether oxygens (including phenoxy) is 3. The molecule has 3 rings (SSSR count). The van der Waals surface area contributed by atoms with E-state index in [0.29, 0.717) is 11.5 Å². The summed E-state index contributed by atoms with van der Waals surface area (Å²) in [5, 5.41) is 28.8. The molecule has 110 valence electrons. The lowest BCUT2D eigenvalue weighted by Gasteiger charge is -2.44. The van der Waals surface area contributed by atoms with Crippen molar-refractivity contribution < 1.29 is 29.5 Å². The first-order chi connectivity index (χ1) is 9.63. The molecule has 0 amide bonds. The van der Waals surface area contributed by atoms with Gasteiger partial charge in [-0.2, -0.15) is 0 Å². The molecule has 0 spiro atoms. The molecule has 1 aromatic rings. The molecular formula is C13H16O6S. The Hall–Kier alpha value is -0.990. The molecule has 2 heterocycles. The van der Waals surface area contributed by atoms with Crippen molar-refractivity contribution in [1.29, 1.82) is 0 Å². The number of rotatable bonds is 2. The van der Waals surface area contributed by atoms with E-state index in [2.05, 4.69) is 0 Å². The third kappa shape index (κ3) is 2.25. The highest BCUT2D eigenvalue weighted by atomic mass is 32.2. The maximum absolute atomic E-state index is 10.2. The lowest BCUT2D eigenvalue weighted by atomic mass is 10.0. The molecule has 5 atom stereocenters. The summed E-state index contributed by atoms with van der Waals surface area (Å²) in [6.07, 6.45) is -3.71. The average Bonchev–Trinajstić information content (AvgIpc) is 2.48. The Morgan fingerprint density at radius 3 is 2.80 bits per heavy atom. The van der Waals surface area contributed by atoms with E-state index in [1.165, 1.54) is 11.8 Å². The lowest BCUT2D eigenvalue weighted by Crippen LogP contribution is -2.59. The number of methoxy groups -OCH3 is 1. The van der Waals surface area contributed by atoms with E-state index >= 15 is 0 Å². The molecule has 20 heavy (non-hydrogen) atoms. The predicted octanol–water partition coefficient (Wildman–Crippen LogP) is -0.0127. The van der Waals surface area contributed by atoms with Gasteiger partial charge in [0.05, 0.1) is 18.6 Å². The van der Waals surface area contributed by atoms with Crippen LogP contribution in [0.15, 0.2) is 23.1 Å². The zero-order chi connectivity index (χ0) is 14.3. The Balaban J connectivity index is 1.88. The number of fused-ring (bicyclic) bond motifs is 2. The molecule has 1 fully saturated rings. The van der Waals surface area contributed by atoms with Gasteiger partial charge >= 0.3 is 0 Å². The van der Waals surface area contributed by atoms with E-state index in [0.717, 1.165) is 4.90 Å². The molecule has 2 aliphatic heterocycles. The second-order valence-electron chi connectivity index (χ2n) is 4.72. The van der Waals surface area contributed by atoms with Gasteiger partial charge in [-0.05, 0) is 18.2 Å². The second-order valence-corrected chi connectivity index (χ2v) is 5.94. The van der Waals surface area contributed by atoms with Crippen LogP contribution in [0.3, 0.4) is 0 Å². The largest absolute Gasteiger partial charge is 0.497 e. The Bertz CT molecular complexity index is 496. The fourth-order valence-corrected chi connectivity index (χ4v) is 3.59. The Morgan fingerprint density at radius 2 is 2.10 bits per heavy atom. The topological polar surface area (TPSA) is 88.4 Å². The predicted molar refractivity (Wildman–Crippen MR) is 71.0 cm³/mol. The summed E-state index contributed by atoms with van der Waals surface area (Å²) in [5.41, 5.74) is 0. The van der Waals surface area contributed by atoms with E-state index < -0.39 is 29.9 Å². The minimum absolute atomic E-state index is 0.370. The van der Waals surface area contributed by atoms with Crippen molar-refractivity contribution in [2.45, 2.75) is 34.7 Å². The van der Waals surface area contributed by atoms with Crippen molar-refractivity contribution in [2.75, 3.05) is 13.7 Å². The highest BCUT2D eigenvalue weighted by Crippen LogP contribution is 2.45. The van der Waals surface area contributed by atoms with E-state index in [9.17, 15) is 10.2 Å². The summed E-state index contributed by atoms with van der Waals surface area (Å²) in [4.78, 5) is 0.822. The van der Waals surface area contributed by atoms with Crippen molar-refractivity contribution in [2.24, 2.45) is 0 Å². The first-order valence-corrected chi connectivity index (χ1v) is 7.16. The van der Waals surface area contributed by atoms with Crippen molar-refractivity contribution in [1.82, 2.24) is 0 Å². The van der Waals surface area contributed by atoms with Crippen LogP contribution in [0.1, 0.15) is 0 Å². The maximum atomic E-state index is 10.2. The summed E-state index contributed by atoms with van der Waals surface area (Å²) < 4.78 is 16.4. The summed E-state index contributed by atoms with van der Waals surface area (Å²) in [5.74, 6) is 1.33. The molecule has 0 radical (unpaired) electrons. The first-order valence-electron chi connectivity index (χ1n) is 6.28. The van der Waals surface area contributed by atoms with Crippen LogP contribution in [0, 0.1) is 0 Å². The molecular weight excluding hydrogens is 284 g/mol. The molecule has 0 aliphatic carbocycles. The highest BCUT2D eigenvalue weighted by Gasteiger charge is 2.48. The minimum atomic E-state index is -1.13. The van der Waals surface area contributed by atoms with E-state index in [-0.39, 0.29) is 6.61 Å². The van der Waals surface area contributed by atoms with Crippen LogP contribution in [-0.2, 0) is 4.74 Å². The van der Waals surface area contributed by atoms with Crippen molar-refractivity contribution >= 4 is 11.8 Å². The quantitative estimate of drug-likeness (QED) is 0.708. The molecule has 2 aliphatic rings. The van der Waals surface area contributed by atoms with Crippen molar-refractivity contribution in [3.05, 3.63) is 18.2 Å². The molecule has 1 aromatic carbocycles. The smallest absolute Gasteiger partial charge is 0.215 e. The molecule has 3 N–H and O–H groups in total. The van der Waals surface area contributed by atoms with Gasteiger partial charge in [-0.1, -0.05) is 0 Å². The average molecular weight is 300 g/mol. The van der Waals surface area contributed by atoms with Crippen LogP contribution in [-0.4, -0.2) is 58.9 Å². The second kappa shape index (κ2) is 5.42. The number of aliphatic hydroxyl groups excluding tert-OH is 3. The van der Waals surface area contributed by atoms with Gasteiger partial charge in [-0.25, -0.2) is 0 Å².